The molecular formula is C19H22N2O2S. The van der Waals surface area contributed by atoms with Gasteiger partial charge in [-0.3, -0.25) is 14.5 Å². The average molecular weight is 342 g/mol. The Balaban J connectivity index is 1.73. The first kappa shape index (κ1) is 16.9. The van der Waals surface area contributed by atoms with Crippen molar-refractivity contribution in [1.29, 1.82) is 0 Å². The van der Waals surface area contributed by atoms with E-state index in [1.54, 1.807) is 35.6 Å². The molecule has 0 radical (unpaired) electrons. The minimum Gasteiger partial charge on any atom is -0.326 e. The van der Waals surface area contributed by atoms with E-state index in [0.29, 0.717) is 17.3 Å². The number of Topliss-reactive ketones (excluding diaryl/α,β-unsaturated/α-hetero) is 1. The van der Waals surface area contributed by atoms with E-state index in [2.05, 4.69) is 27.7 Å². The Kier molecular flexibility index (Phi) is 5.11. The first-order valence-electron chi connectivity index (χ1n) is 8.27. The first-order valence-corrected chi connectivity index (χ1v) is 9.15. The van der Waals surface area contributed by atoms with E-state index >= 15 is 0 Å². The van der Waals surface area contributed by atoms with Crippen molar-refractivity contribution in [2.45, 2.75) is 38.8 Å². The smallest absolute Gasteiger partial charge is 0.221 e. The van der Waals surface area contributed by atoms with Gasteiger partial charge in [0.1, 0.15) is 0 Å². The third-order valence-corrected chi connectivity index (χ3v) is 5.51. The molecule has 1 aliphatic heterocycles. The maximum Gasteiger partial charge on any atom is 0.221 e. The molecule has 0 aliphatic carbocycles. The van der Waals surface area contributed by atoms with Crippen LogP contribution in [0.3, 0.4) is 0 Å². The standard InChI is InChI=1S/C19H22N2O2S/c1-13(21-11-3-5-17(21)18-6-4-12-24-18)19(23)15-7-9-16(10-8-15)20-14(2)22/h4,6-10,12-13,17H,3,5,11H2,1-2H3,(H,20,22)/t13-,17+/m0/s1. The number of benzene rings is 1. The van der Waals surface area contributed by atoms with Crippen LogP contribution in [-0.2, 0) is 4.79 Å². The lowest BCUT2D eigenvalue weighted by molar-refractivity contribution is -0.114. The van der Waals surface area contributed by atoms with Gasteiger partial charge in [0.25, 0.3) is 0 Å². The van der Waals surface area contributed by atoms with E-state index in [-0.39, 0.29) is 17.7 Å². The molecule has 1 aliphatic rings. The zero-order chi connectivity index (χ0) is 17.1. The monoisotopic (exact) mass is 342 g/mol. The summed E-state index contributed by atoms with van der Waals surface area (Å²) in [5, 5.41) is 4.82. The molecule has 126 valence electrons. The molecule has 1 N–H and O–H groups in total. The SMILES string of the molecule is CC(=O)Nc1ccc(C(=O)[C@H](C)N2CCC[C@@H]2c2cccs2)cc1. The molecule has 1 aromatic heterocycles. The third kappa shape index (κ3) is 3.57. The van der Waals surface area contributed by atoms with Crippen LogP contribution in [0.2, 0.25) is 0 Å². The van der Waals surface area contributed by atoms with Gasteiger partial charge in [0.05, 0.1) is 6.04 Å². The average Bonchev–Trinajstić information content (AvgIpc) is 3.24. The van der Waals surface area contributed by atoms with Crippen molar-refractivity contribution in [3.8, 4) is 0 Å². The zero-order valence-corrected chi connectivity index (χ0v) is 14.8. The number of rotatable bonds is 5. The van der Waals surface area contributed by atoms with Gasteiger partial charge in [-0.15, -0.1) is 11.3 Å². The number of hydrogen-bond acceptors (Lipinski definition) is 4. The highest BCUT2D eigenvalue weighted by molar-refractivity contribution is 7.10. The summed E-state index contributed by atoms with van der Waals surface area (Å²) in [6.45, 7) is 4.43. The van der Waals surface area contributed by atoms with Crippen LogP contribution in [0.5, 0.6) is 0 Å². The predicted octanol–water partition coefficient (Wildman–Crippen LogP) is 4.11. The van der Waals surface area contributed by atoms with Crippen molar-refractivity contribution in [3.63, 3.8) is 0 Å². The van der Waals surface area contributed by atoms with E-state index in [1.807, 2.05) is 6.92 Å². The van der Waals surface area contributed by atoms with Crippen LogP contribution in [0.15, 0.2) is 41.8 Å². The number of carbonyl (C=O) groups excluding carboxylic acids is 2. The van der Waals surface area contributed by atoms with Gasteiger partial charge in [-0.25, -0.2) is 0 Å². The van der Waals surface area contributed by atoms with E-state index in [4.69, 9.17) is 0 Å². The molecule has 0 spiro atoms. The Morgan fingerprint density at radius 2 is 2.00 bits per heavy atom. The molecule has 0 saturated carbocycles. The second-order valence-corrected chi connectivity index (χ2v) is 7.19. The summed E-state index contributed by atoms with van der Waals surface area (Å²) in [5.74, 6) is 0.0196. The van der Waals surface area contributed by atoms with Crippen molar-refractivity contribution in [2.24, 2.45) is 0 Å². The highest BCUT2D eigenvalue weighted by Gasteiger charge is 2.33. The summed E-state index contributed by atoms with van der Waals surface area (Å²) < 4.78 is 0. The van der Waals surface area contributed by atoms with Gasteiger partial charge in [-0.05, 0) is 62.0 Å². The Hall–Kier alpha value is -1.98. The second kappa shape index (κ2) is 7.28. The molecule has 2 atom stereocenters. The van der Waals surface area contributed by atoms with Gasteiger partial charge < -0.3 is 5.32 Å². The quantitative estimate of drug-likeness (QED) is 0.832. The fraction of sp³-hybridized carbons (Fsp3) is 0.368. The molecular weight excluding hydrogens is 320 g/mol. The lowest BCUT2D eigenvalue weighted by Crippen LogP contribution is -2.38. The van der Waals surface area contributed by atoms with Gasteiger partial charge in [-0.2, -0.15) is 0 Å². The number of thiophene rings is 1. The number of anilines is 1. The van der Waals surface area contributed by atoms with Crippen LogP contribution in [0.4, 0.5) is 5.69 Å². The fourth-order valence-corrected chi connectivity index (χ4v) is 4.23. The number of amides is 1. The molecule has 1 fully saturated rings. The van der Waals surface area contributed by atoms with Crippen LogP contribution in [0, 0.1) is 0 Å². The summed E-state index contributed by atoms with van der Waals surface area (Å²) in [6.07, 6.45) is 2.24. The molecule has 0 unspecified atom stereocenters. The molecule has 0 bridgehead atoms. The Morgan fingerprint density at radius 3 is 2.62 bits per heavy atom. The van der Waals surface area contributed by atoms with Gasteiger partial charge in [0, 0.05) is 29.1 Å². The van der Waals surface area contributed by atoms with E-state index in [0.717, 1.165) is 19.4 Å². The van der Waals surface area contributed by atoms with Gasteiger partial charge >= 0.3 is 0 Å². The van der Waals surface area contributed by atoms with E-state index in [9.17, 15) is 9.59 Å². The maximum atomic E-state index is 12.9. The molecule has 3 rings (SSSR count). The van der Waals surface area contributed by atoms with Crippen molar-refractivity contribution in [1.82, 2.24) is 4.90 Å². The number of carbonyl (C=O) groups is 2. The Bertz CT molecular complexity index is 709. The topological polar surface area (TPSA) is 49.4 Å². The molecule has 24 heavy (non-hydrogen) atoms. The lowest BCUT2D eigenvalue weighted by Gasteiger charge is -2.29. The van der Waals surface area contributed by atoms with E-state index < -0.39 is 0 Å². The van der Waals surface area contributed by atoms with Gasteiger partial charge in [0.2, 0.25) is 5.91 Å². The number of nitrogens with zero attached hydrogens (tertiary/aromatic N) is 1. The summed E-state index contributed by atoms with van der Waals surface area (Å²) in [7, 11) is 0. The largest absolute Gasteiger partial charge is 0.326 e. The zero-order valence-electron chi connectivity index (χ0n) is 14.0. The van der Waals surface area contributed by atoms with Crippen LogP contribution in [-0.4, -0.2) is 29.2 Å². The van der Waals surface area contributed by atoms with Crippen molar-refractivity contribution in [3.05, 3.63) is 52.2 Å². The van der Waals surface area contributed by atoms with E-state index in [1.165, 1.54) is 11.8 Å². The highest BCUT2D eigenvalue weighted by atomic mass is 32.1. The van der Waals surface area contributed by atoms with Crippen molar-refractivity contribution < 1.29 is 9.59 Å². The molecule has 2 heterocycles. The second-order valence-electron chi connectivity index (χ2n) is 6.21. The summed E-state index contributed by atoms with van der Waals surface area (Å²) in [6, 6.07) is 11.6. The summed E-state index contributed by atoms with van der Waals surface area (Å²) >= 11 is 1.76. The van der Waals surface area contributed by atoms with Crippen LogP contribution < -0.4 is 5.32 Å². The number of ketones is 1. The summed E-state index contributed by atoms with van der Waals surface area (Å²) in [4.78, 5) is 27.6. The maximum absolute atomic E-state index is 12.9. The normalized spacial score (nSPS) is 19.2. The number of nitrogens with one attached hydrogen (secondary N) is 1. The van der Waals surface area contributed by atoms with Crippen LogP contribution in [0.25, 0.3) is 0 Å². The van der Waals surface area contributed by atoms with Crippen LogP contribution >= 0.6 is 11.3 Å². The molecule has 5 heteroatoms. The minimum atomic E-state index is -0.147. The first-order chi connectivity index (χ1) is 11.6. The highest BCUT2D eigenvalue weighted by Crippen LogP contribution is 2.36. The Labute approximate surface area is 146 Å². The Morgan fingerprint density at radius 1 is 1.25 bits per heavy atom. The van der Waals surface area contributed by atoms with Gasteiger partial charge in [-0.1, -0.05) is 6.07 Å². The third-order valence-electron chi connectivity index (χ3n) is 4.53. The number of hydrogen-bond donors (Lipinski definition) is 1. The minimum absolute atomic E-state index is 0.113. The summed E-state index contributed by atoms with van der Waals surface area (Å²) in [5.41, 5.74) is 1.40. The number of likely N-dealkylation sites (tertiary alicyclic amines) is 1. The van der Waals surface area contributed by atoms with Crippen molar-refractivity contribution >= 4 is 28.7 Å². The molecule has 1 aromatic carbocycles. The lowest BCUT2D eigenvalue weighted by atomic mass is 10.0. The van der Waals surface area contributed by atoms with Crippen molar-refractivity contribution in [2.75, 3.05) is 11.9 Å². The molecule has 2 aromatic rings. The fourth-order valence-electron chi connectivity index (χ4n) is 3.35. The molecule has 1 saturated heterocycles. The molecule has 4 nitrogen and oxygen atoms in total. The molecule has 1 amide bonds. The predicted molar refractivity (Wildman–Crippen MR) is 97.5 cm³/mol. The van der Waals surface area contributed by atoms with Crippen LogP contribution in [0.1, 0.15) is 48.0 Å². The van der Waals surface area contributed by atoms with Gasteiger partial charge in [0.15, 0.2) is 5.78 Å².